The van der Waals surface area contributed by atoms with E-state index in [1.54, 1.807) is 12.4 Å². The van der Waals surface area contributed by atoms with Gasteiger partial charge in [-0.2, -0.15) is 0 Å². The van der Waals surface area contributed by atoms with Crippen LogP contribution in [0.1, 0.15) is 6.42 Å². The van der Waals surface area contributed by atoms with Gasteiger partial charge in [0, 0.05) is 25.3 Å². The van der Waals surface area contributed by atoms with Crippen molar-refractivity contribution in [2.45, 2.75) is 18.6 Å². The number of hydrogen-bond donors (Lipinski definition) is 2. The third kappa shape index (κ3) is 2.50. The summed E-state index contributed by atoms with van der Waals surface area (Å²) >= 11 is 0. The molecular weight excluding hydrogens is 216 g/mol. The summed E-state index contributed by atoms with van der Waals surface area (Å²) in [6.45, 7) is 1.53. The highest BCUT2D eigenvalue weighted by atomic mass is 16.3. The number of nitrogens with zero attached hydrogens (tertiary/aromatic N) is 3. The van der Waals surface area contributed by atoms with Gasteiger partial charge in [-0.25, -0.2) is 0 Å². The molecule has 2 rings (SSSR count). The van der Waals surface area contributed by atoms with E-state index >= 15 is 0 Å². The SMILES string of the molecule is CN(C)C1CCN(c2ccncc2N)C[C@H]1O. The van der Waals surface area contributed by atoms with Gasteiger partial charge in [-0.3, -0.25) is 4.98 Å². The first kappa shape index (κ1) is 12.1. The Labute approximate surface area is 102 Å². The smallest absolute Gasteiger partial charge is 0.0870 e. The van der Waals surface area contributed by atoms with Crippen LogP contribution in [0, 0.1) is 0 Å². The molecule has 5 heteroatoms. The highest BCUT2D eigenvalue weighted by molar-refractivity contribution is 5.66. The van der Waals surface area contributed by atoms with Crippen molar-refractivity contribution in [3.8, 4) is 0 Å². The maximum absolute atomic E-state index is 10.1. The van der Waals surface area contributed by atoms with Gasteiger partial charge in [0.25, 0.3) is 0 Å². The minimum absolute atomic E-state index is 0.231. The predicted molar refractivity (Wildman–Crippen MR) is 69.0 cm³/mol. The highest BCUT2D eigenvalue weighted by Gasteiger charge is 2.29. The number of anilines is 2. The van der Waals surface area contributed by atoms with Crippen molar-refractivity contribution in [3.63, 3.8) is 0 Å². The van der Waals surface area contributed by atoms with Gasteiger partial charge in [0.05, 0.1) is 23.7 Å². The monoisotopic (exact) mass is 236 g/mol. The minimum Gasteiger partial charge on any atom is -0.396 e. The van der Waals surface area contributed by atoms with Gasteiger partial charge in [-0.1, -0.05) is 0 Å². The van der Waals surface area contributed by atoms with E-state index < -0.39 is 0 Å². The van der Waals surface area contributed by atoms with Crippen molar-refractivity contribution in [1.82, 2.24) is 9.88 Å². The van der Waals surface area contributed by atoms with E-state index in [2.05, 4.69) is 14.8 Å². The molecule has 0 amide bonds. The third-order valence-electron chi connectivity index (χ3n) is 3.38. The molecule has 2 atom stereocenters. The number of hydrogen-bond acceptors (Lipinski definition) is 5. The van der Waals surface area contributed by atoms with Crippen molar-refractivity contribution in [1.29, 1.82) is 0 Å². The molecule has 94 valence electrons. The number of likely N-dealkylation sites (N-methyl/N-ethyl adjacent to an activating group) is 1. The summed E-state index contributed by atoms with van der Waals surface area (Å²) in [6, 6.07) is 2.13. The Balaban J connectivity index is 2.10. The van der Waals surface area contributed by atoms with Crippen LogP contribution in [0.4, 0.5) is 11.4 Å². The number of rotatable bonds is 2. The Morgan fingerprint density at radius 3 is 2.88 bits per heavy atom. The molecule has 0 aromatic carbocycles. The highest BCUT2D eigenvalue weighted by Crippen LogP contribution is 2.26. The second kappa shape index (κ2) is 4.89. The topological polar surface area (TPSA) is 65.6 Å². The summed E-state index contributed by atoms with van der Waals surface area (Å²) in [5.41, 5.74) is 7.53. The van der Waals surface area contributed by atoms with E-state index in [4.69, 9.17) is 5.73 Å². The molecule has 1 aliphatic heterocycles. The molecule has 1 aromatic heterocycles. The van der Waals surface area contributed by atoms with E-state index in [0.717, 1.165) is 18.7 Å². The van der Waals surface area contributed by atoms with Crippen LogP contribution in [0.2, 0.25) is 0 Å². The quantitative estimate of drug-likeness (QED) is 0.766. The van der Waals surface area contributed by atoms with E-state index in [0.29, 0.717) is 12.2 Å². The van der Waals surface area contributed by atoms with Gasteiger partial charge in [0.1, 0.15) is 0 Å². The Bertz CT molecular complexity index is 383. The molecular formula is C12H20N4O. The van der Waals surface area contributed by atoms with E-state index in [9.17, 15) is 5.11 Å². The molecule has 1 aromatic rings. The molecule has 0 radical (unpaired) electrons. The van der Waals surface area contributed by atoms with Crippen LogP contribution in [0.3, 0.4) is 0 Å². The van der Waals surface area contributed by atoms with Gasteiger partial charge in [0.2, 0.25) is 0 Å². The lowest BCUT2D eigenvalue weighted by Gasteiger charge is -2.40. The van der Waals surface area contributed by atoms with Crippen LogP contribution in [0.15, 0.2) is 18.5 Å². The summed E-state index contributed by atoms with van der Waals surface area (Å²) in [5.74, 6) is 0. The fourth-order valence-electron chi connectivity index (χ4n) is 2.43. The van der Waals surface area contributed by atoms with Gasteiger partial charge in [0.15, 0.2) is 0 Å². The fraction of sp³-hybridized carbons (Fsp3) is 0.583. The van der Waals surface area contributed by atoms with Crippen LogP contribution in [-0.2, 0) is 0 Å². The van der Waals surface area contributed by atoms with Crippen molar-refractivity contribution >= 4 is 11.4 Å². The van der Waals surface area contributed by atoms with E-state index in [-0.39, 0.29) is 12.1 Å². The van der Waals surface area contributed by atoms with Crippen LogP contribution >= 0.6 is 0 Å². The second-order valence-corrected chi connectivity index (χ2v) is 4.77. The molecule has 3 N–H and O–H groups in total. The van der Waals surface area contributed by atoms with Crippen molar-refractivity contribution < 1.29 is 5.11 Å². The third-order valence-corrected chi connectivity index (χ3v) is 3.38. The first-order valence-electron chi connectivity index (χ1n) is 5.88. The van der Waals surface area contributed by atoms with E-state index in [1.807, 2.05) is 20.2 Å². The number of pyridine rings is 1. The van der Waals surface area contributed by atoms with Gasteiger partial charge >= 0.3 is 0 Å². The minimum atomic E-state index is -0.341. The van der Waals surface area contributed by atoms with Crippen LogP contribution in [-0.4, -0.2) is 54.3 Å². The standard InChI is InChI=1S/C12H20N4O/c1-15(2)11-4-6-16(8-12(11)17)10-3-5-14-7-9(10)13/h3,5,7,11-12,17H,4,6,8,13H2,1-2H3/t11?,12-/m1/s1. The van der Waals surface area contributed by atoms with Crippen LogP contribution in [0.25, 0.3) is 0 Å². The van der Waals surface area contributed by atoms with Crippen LogP contribution in [0.5, 0.6) is 0 Å². The molecule has 5 nitrogen and oxygen atoms in total. The normalized spacial score (nSPS) is 25.3. The first-order valence-corrected chi connectivity index (χ1v) is 5.88. The number of β-amino-alcohol motifs (C(OH)–C–C–N with tert-alkyl or cyclic N) is 1. The summed E-state index contributed by atoms with van der Waals surface area (Å²) in [7, 11) is 4.01. The molecule has 0 aliphatic carbocycles. The average Bonchev–Trinajstić information content (AvgIpc) is 2.29. The summed E-state index contributed by atoms with van der Waals surface area (Å²) < 4.78 is 0. The summed E-state index contributed by atoms with van der Waals surface area (Å²) in [4.78, 5) is 8.19. The largest absolute Gasteiger partial charge is 0.396 e. The molecule has 1 saturated heterocycles. The number of nitrogen functional groups attached to an aromatic ring is 1. The number of aromatic nitrogens is 1. The number of nitrogens with two attached hydrogens (primary N) is 1. The maximum atomic E-state index is 10.1. The lowest BCUT2D eigenvalue weighted by molar-refractivity contribution is 0.0631. The number of aliphatic hydroxyl groups is 1. The molecule has 0 saturated carbocycles. The summed E-state index contributed by atoms with van der Waals surface area (Å²) in [6.07, 6.45) is 3.98. The Morgan fingerprint density at radius 2 is 2.29 bits per heavy atom. The van der Waals surface area contributed by atoms with Gasteiger partial charge < -0.3 is 20.6 Å². The van der Waals surface area contributed by atoms with Crippen molar-refractivity contribution in [2.24, 2.45) is 0 Å². The fourth-order valence-corrected chi connectivity index (χ4v) is 2.43. The molecule has 2 heterocycles. The lowest BCUT2D eigenvalue weighted by atomic mass is 10.0. The average molecular weight is 236 g/mol. The zero-order valence-electron chi connectivity index (χ0n) is 10.4. The predicted octanol–water partition coefficient (Wildman–Crippen LogP) is 0.165. The van der Waals surface area contributed by atoms with Crippen molar-refractivity contribution in [3.05, 3.63) is 18.5 Å². The first-order chi connectivity index (χ1) is 8.09. The van der Waals surface area contributed by atoms with E-state index in [1.165, 1.54) is 0 Å². The molecule has 1 aliphatic rings. The summed E-state index contributed by atoms with van der Waals surface area (Å²) in [5, 5.41) is 10.1. The maximum Gasteiger partial charge on any atom is 0.0870 e. The van der Waals surface area contributed by atoms with Crippen molar-refractivity contribution in [2.75, 3.05) is 37.8 Å². The van der Waals surface area contributed by atoms with Crippen LogP contribution < -0.4 is 10.6 Å². The van der Waals surface area contributed by atoms with Gasteiger partial charge in [-0.05, 0) is 26.6 Å². The lowest BCUT2D eigenvalue weighted by Crippen LogP contribution is -2.52. The molecule has 1 unspecified atom stereocenters. The number of aliphatic hydroxyl groups excluding tert-OH is 1. The molecule has 17 heavy (non-hydrogen) atoms. The zero-order valence-corrected chi connectivity index (χ0v) is 10.4. The second-order valence-electron chi connectivity index (χ2n) is 4.77. The zero-order chi connectivity index (χ0) is 12.4. The Morgan fingerprint density at radius 1 is 1.53 bits per heavy atom. The Kier molecular flexibility index (Phi) is 3.49. The molecule has 1 fully saturated rings. The Hall–Kier alpha value is -1.33. The van der Waals surface area contributed by atoms with Gasteiger partial charge in [-0.15, -0.1) is 0 Å². The molecule has 0 spiro atoms. The molecule has 0 bridgehead atoms. The number of piperidine rings is 1.